The largest absolute Gasteiger partial charge is 0.491 e. The highest BCUT2D eigenvalue weighted by Gasteiger charge is 2.01. The summed E-state index contributed by atoms with van der Waals surface area (Å²) in [5.74, 6) is 1.39. The fraction of sp³-hybridized carbons (Fsp3) is 0.167. The maximum Gasteiger partial charge on any atom is 0.130 e. The lowest BCUT2D eigenvalue weighted by atomic mass is 10.2. The van der Waals surface area contributed by atoms with Crippen molar-refractivity contribution in [3.05, 3.63) is 66.4 Å². The Morgan fingerprint density at radius 3 is 2.55 bits per heavy atom. The molecule has 2 aromatic carbocycles. The van der Waals surface area contributed by atoms with E-state index in [2.05, 4.69) is 4.98 Å². The number of aromatic nitrogens is 1. The van der Waals surface area contributed by atoms with E-state index < -0.39 is 0 Å². The average molecular weight is 295 g/mol. The first-order valence-electron chi connectivity index (χ1n) is 7.16. The Kier molecular flexibility index (Phi) is 4.51. The van der Waals surface area contributed by atoms with Crippen LogP contribution in [0, 0.1) is 0 Å². The minimum absolute atomic E-state index is 0.00784. The van der Waals surface area contributed by atoms with Crippen molar-refractivity contribution >= 4 is 10.9 Å². The fourth-order valence-corrected chi connectivity index (χ4v) is 2.16. The lowest BCUT2D eigenvalue weighted by Crippen LogP contribution is -2.02. The van der Waals surface area contributed by atoms with Gasteiger partial charge in [-0.1, -0.05) is 30.3 Å². The zero-order chi connectivity index (χ0) is 15.2. The second kappa shape index (κ2) is 6.91. The number of fused-ring (bicyclic) bond motifs is 1. The molecule has 0 bridgehead atoms. The molecule has 0 saturated carbocycles. The van der Waals surface area contributed by atoms with Gasteiger partial charge in [-0.2, -0.15) is 0 Å². The summed E-state index contributed by atoms with van der Waals surface area (Å²) in [6.45, 7) is 0.663. The molecule has 0 saturated heterocycles. The van der Waals surface area contributed by atoms with Gasteiger partial charge in [-0.3, -0.25) is 0 Å². The molecule has 1 N–H and O–H groups in total. The second-order valence-corrected chi connectivity index (χ2v) is 4.83. The van der Waals surface area contributed by atoms with E-state index in [1.807, 2.05) is 54.6 Å². The van der Waals surface area contributed by atoms with E-state index in [-0.39, 0.29) is 13.2 Å². The van der Waals surface area contributed by atoms with Gasteiger partial charge in [0.15, 0.2) is 0 Å². The first-order chi connectivity index (χ1) is 10.8. The van der Waals surface area contributed by atoms with Crippen LogP contribution in [0.15, 0.2) is 60.7 Å². The molecule has 0 aliphatic rings. The zero-order valence-electron chi connectivity index (χ0n) is 12.1. The molecular formula is C18H17NO3. The third-order valence-corrected chi connectivity index (χ3v) is 3.21. The molecule has 0 aliphatic carbocycles. The van der Waals surface area contributed by atoms with Gasteiger partial charge in [0.05, 0.1) is 17.8 Å². The summed E-state index contributed by atoms with van der Waals surface area (Å²) < 4.78 is 11.1. The summed E-state index contributed by atoms with van der Waals surface area (Å²) in [6.07, 6.45) is 0. The molecule has 112 valence electrons. The molecule has 1 aromatic heterocycles. The van der Waals surface area contributed by atoms with E-state index in [1.165, 1.54) is 0 Å². The Labute approximate surface area is 129 Å². The Hall–Kier alpha value is -2.59. The highest BCUT2D eigenvalue weighted by Crippen LogP contribution is 2.20. The average Bonchev–Trinajstić information content (AvgIpc) is 2.58. The van der Waals surface area contributed by atoms with Crippen LogP contribution in [0.1, 0.15) is 5.69 Å². The summed E-state index contributed by atoms with van der Waals surface area (Å²) in [7, 11) is 0. The van der Waals surface area contributed by atoms with Crippen molar-refractivity contribution in [1.29, 1.82) is 0 Å². The van der Waals surface area contributed by atoms with Crippen molar-refractivity contribution in [2.45, 2.75) is 6.61 Å². The molecule has 22 heavy (non-hydrogen) atoms. The van der Waals surface area contributed by atoms with Gasteiger partial charge in [0.2, 0.25) is 0 Å². The summed E-state index contributed by atoms with van der Waals surface area (Å²) >= 11 is 0. The number of para-hydroxylation sites is 1. The Balaban J connectivity index is 1.68. The summed E-state index contributed by atoms with van der Waals surface area (Å²) in [4.78, 5) is 4.57. The minimum Gasteiger partial charge on any atom is -0.491 e. The molecule has 4 heteroatoms. The SMILES string of the molecule is OCCOc1cccc(OCc2ccc3ccccc3n2)c1. The molecule has 0 amide bonds. The van der Waals surface area contributed by atoms with Crippen LogP contribution in [0.2, 0.25) is 0 Å². The standard InChI is InChI=1S/C18H17NO3/c20-10-11-21-16-5-3-6-17(12-16)22-13-15-9-8-14-4-1-2-7-18(14)19-15/h1-9,12,20H,10-11,13H2. The molecule has 4 nitrogen and oxygen atoms in total. The van der Waals surface area contributed by atoms with Crippen LogP contribution < -0.4 is 9.47 Å². The summed E-state index contributed by atoms with van der Waals surface area (Å²) in [5, 5.41) is 9.89. The van der Waals surface area contributed by atoms with Gasteiger partial charge in [0.25, 0.3) is 0 Å². The van der Waals surface area contributed by atoms with Crippen LogP contribution in [-0.4, -0.2) is 23.3 Å². The highest BCUT2D eigenvalue weighted by atomic mass is 16.5. The minimum atomic E-state index is -0.00784. The lowest BCUT2D eigenvalue weighted by Gasteiger charge is -2.09. The van der Waals surface area contributed by atoms with Gasteiger partial charge in [-0.05, 0) is 24.3 Å². The molecule has 1 heterocycles. The molecule has 3 rings (SSSR count). The number of pyridine rings is 1. The summed E-state index contributed by atoms with van der Waals surface area (Å²) in [6, 6.07) is 19.4. The maximum atomic E-state index is 8.77. The zero-order valence-corrected chi connectivity index (χ0v) is 12.1. The number of nitrogens with zero attached hydrogens (tertiary/aromatic N) is 1. The van der Waals surface area contributed by atoms with E-state index in [4.69, 9.17) is 14.6 Å². The van der Waals surface area contributed by atoms with Gasteiger partial charge in [-0.15, -0.1) is 0 Å². The molecule has 0 atom stereocenters. The van der Waals surface area contributed by atoms with Crippen molar-refractivity contribution in [2.75, 3.05) is 13.2 Å². The molecule has 0 unspecified atom stereocenters. The van der Waals surface area contributed by atoms with Crippen LogP contribution in [0.5, 0.6) is 11.5 Å². The Bertz CT molecular complexity index is 758. The highest BCUT2D eigenvalue weighted by molar-refractivity contribution is 5.78. The molecule has 0 fully saturated rings. The molecule has 0 radical (unpaired) electrons. The van der Waals surface area contributed by atoms with Crippen LogP contribution in [0.4, 0.5) is 0 Å². The number of ether oxygens (including phenoxy) is 2. The van der Waals surface area contributed by atoms with E-state index in [0.717, 1.165) is 16.6 Å². The predicted octanol–water partition coefficient (Wildman–Crippen LogP) is 3.18. The number of hydrogen-bond acceptors (Lipinski definition) is 4. The van der Waals surface area contributed by atoms with E-state index in [0.29, 0.717) is 18.1 Å². The normalized spacial score (nSPS) is 10.6. The van der Waals surface area contributed by atoms with Crippen LogP contribution >= 0.6 is 0 Å². The molecule has 0 aliphatic heterocycles. The molecular weight excluding hydrogens is 278 g/mol. The van der Waals surface area contributed by atoms with Gasteiger partial charge in [0.1, 0.15) is 24.7 Å². The van der Waals surface area contributed by atoms with Crippen molar-refractivity contribution in [3.63, 3.8) is 0 Å². The fourth-order valence-electron chi connectivity index (χ4n) is 2.16. The molecule has 0 spiro atoms. The van der Waals surface area contributed by atoms with E-state index in [9.17, 15) is 0 Å². The maximum absolute atomic E-state index is 8.77. The number of aliphatic hydroxyl groups excluding tert-OH is 1. The van der Waals surface area contributed by atoms with Crippen molar-refractivity contribution in [3.8, 4) is 11.5 Å². The van der Waals surface area contributed by atoms with E-state index >= 15 is 0 Å². The van der Waals surface area contributed by atoms with Crippen molar-refractivity contribution in [1.82, 2.24) is 4.98 Å². The monoisotopic (exact) mass is 295 g/mol. The van der Waals surface area contributed by atoms with E-state index in [1.54, 1.807) is 6.07 Å². The quantitative estimate of drug-likeness (QED) is 0.759. The Morgan fingerprint density at radius 1 is 0.864 bits per heavy atom. The Morgan fingerprint density at radius 2 is 1.68 bits per heavy atom. The number of aliphatic hydroxyl groups is 1. The summed E-state index contributed by atoms with van der Waals surface area (Å²) in [5.41, 5.74) is 1.84. The van der Waals surface area contributed by atoms with Gasteiger partial charge in [-0.25, -0.2) is 4.98 Å². The van der Waals surface area contributed by atoms with Crippen LogP contribution in [-0.2, 0) is 6.61 Å². The van der Waals surface area contributed by atoms with Gasteiger partial charge >= 0.3 is 0 Å². The number of hydrogen-bond donors (Lipinski definition) is 1. The number of rotatable bonds is 6. The number of benzene rings is 2. The third kappa shape index (κ3) is 3.54. The second-order valence-electron chi connectivity index (χ2n) is 4.83. The first kappa shape index (κ1) is 14.4. The van der Waals surface area contributed by atoms with Crippen molar-refractivity contribution in [2.24, 2.45) is 0 Å². The predicted molar refractivity (Wildman–Crippen MR) is 85.1 cm³/mol. The van der Waals surface area contributed by atoms with Crippen LogP contribution in [0.3, 0.4) is 0 Å². The topological polar surface area (TPSA) is 51.6 Å². The van der Waals surface area contributed by atoms with Crippen LogP contribution in [0.25, 0.3) is 10.9 Å². The van der Waals surface area contributed by atoms with Gasteiger partial charge < -0.3 is 14.6 Å². The van der Waals surface area contributed by atoms with Gasteiger partial charge in [0, 0.05) is 11.5 Å². The first-order valence-corrected chi connectivity index (χ1v) is 7.16. The lowest BCUT2D eigenvalue weighted by molar-refractivity contribution is 0.200. The van der Waals surface area contributed by atoms with Crippen molar-refractivity contribution < 1.29 is 14.6 Å². The third-order valence-electron chi connectivity index (χ3n) is 3.21. The molecule has 3 aromatic rings. The smallest absolute Gasteiger partial charge is 0.130 e.